The van der Waals surface area contributed by atoms with E-state index in [4.69, 9.17) is 0 Å². The Morgan fingerprint density at radius 3 is 2.79 bits per heavy atom. The summed E-state index contributed by atoms with van der Waals surface area (Å²) in [5.41, 5.74) is 2.98. The highest BCUT2D eigenvalue weighted by molar-refractivity contribution is 5.90. The molecule has 2 N–H and O–H groups in total. The molecule has 2 amide bonds. The molecule has 0 aliphatic heterocycles. The molecule has 1 fully saturated rings. The Morgan fingerprint density at radius 1 is 1.47 bits per heavy atom. The fourth-order valence-electron chi connectivity index (χ4n) is 2.07. The van der Waals surface area contributed by atoms with Gasteiger partial charge in [-0.3, -0.25) is 0 Å². The number of hydrogen-bond donors (Lipinski definition) is 2. The monoisotopic (exact) mass is 262 g/mol. The van der Waals surface area contributed by atoms with Gasteiger partial charge in [0.25, 0.3) is 0 Å². The van der Waals surface area contributed by atoms with Crippen LogP contribution in [0.4, 0.5) is 10.5 Å². The van der Waals surface area contributed by atoms with Crippen molar-refractivity contribution in [1.29, 1.82) is 0 Å². The lowest BCUT2D eigenvalue weighted by atomic mass is 10.1. The Morgan fingerprint density at radius 2 is 2.16 bits per heavy atom. The lowest BCUT2D eigenvalue weighted by Crippen LogP contribution is -2.38. The largest absolute Gasteiger partial charge is 0.391 e. The lowest BCUT2D eigenvalue weighted by molar-refractivity contribution is 0.117. The van der Waals surface area contributed by atoms with Crippen molar-refractivity contribution < 1.29 is 9.90 Å². The molecule has 2 rings (SSSR count). The second-order valence-corrected chi connectivity index (χ2v) is 5.53. The maximum absolute atomic E-state index is 12.1. The van der Waals surface area contributed by atoms with E-state index in [1.807, 2.05) is 32.0 Å². The molecule has 104 valence electrons. The summed E-state index contributed by atoms with van der Waals surface area (Å²) in [5, 5.41) is 12.7. The van der Waals surface area contributed by atoms with Crippen LogP contribution in [0.2, 0.25) is 0 Å². The summed E-state index contributed by atoms with van der Waals surface area (Å²) in [6.45, 7) is 4.35. The molecule has 1 aromatic carbocycles. The third-order valence-corrected chi connectivity index (χ3v) is 3.61. The molecule has 1 saturated carbocycles. The van der Waals surface area contributed by atoms with Crippen LogP contribution in [0.1, 0.15) is 24.0 Å². The summed E-state index contributed by atoms with van der Waals surface area (Å²) in [5.74, 6) is 0.385. The van der Waals surface area contributed by atoms with Gasteiger partial charge in [0, 0.05) is 19.3 Å². The smallest absolute Gasteiger partial charge is 0.321 e. The van der Waals surface area contributed by atoms with E-state index >= 15 is 0 Å². The minimum atomic E-state index is -0.394. The van der Waals surface area contributed by atoms with Crippen molar-refractivity contribution in [1.82, 2.24) is 4.90 Å². The number of aryl methyl sites for hydroxylation is 2. The standard InChI is InChI=1S/C15H22N2O2/c1-10-4-5-11(2)13(8-10)16-15(19)17(3)9-14(18)12-6-7-12/h4-5,8,12,14,18H,6-7,9H2,1-3H3,(H,16,19). The first-order chi connectivity index (χ1) is 8.97. The van der Waals surface area contributed by atoms with E-state index in [-0.39, 0.29) is 6.03 Å². The first-order valence-electron chi connectivity index (χ1n) is 6.75. The van der Waals surface area contributed by atoms with Gasteiger partial charge in [-0.15, -0.1) is 0 Å². The van der Waals surface area contributed by atoms with Gasteiger partial charge in [-0.1, -0.05) is 12.1 Å². The Balaban J connectivity index is 1.93. The van der Waals surface area contributed by atoms with Crippen molar-refractivity contribution in [3.05, 3.63) is 29.3 Å². The van der Waals surface area contributed by atoms with Crippen molar-refractivity contribution in [2.45, 2.75) is 32.8 Å². The van der Waals surface area contributed by atoms with Crippen LogP contribution in [-0.4, -0.2) is 35.7 Å². The molecule has 0 heterocycles. The molecule has 19 heavy (non-hydrogen) atoms. The highest BCUT2D eigenvalue weighted by Crippen LogP contribution is 2.32. The van der Waals surface area contributed by atoms with Gasteiger partial charge < -0.3 is 15.3 Å². The van der Waals surface area contributed by atoms with Crippen LogP contribution in [0, 0.1) is 19.8 Å². The zero-order valence-corrected chi connectivity index (χ0v) is 11.8. The molecule has 0 aromatic heterocycles. The molecule has 1 aliphatic carbocycles. The molecule has 1 atom stereocenters. The van der Waals surface area contributed by atoms with Crippen LogP contribution in [0.3, 0.4) is 0 Å². The van der Waals surface area contributed by atoms with E-state index in [9.17, 15) is 9.90 Å². The minimum Gasteiger partial charge on any atom is -0.391 e. The maximum Gasteiger partial charge on any atom is 0.321 e. The fraction of sp³-hybridized carbons (Fsp3) is 0.533. The second kappa shape index (κ2) is 5.61. The number of nitrogens with zero attached hydrogens (tertiary/aromatic N) is 1. The predicted octanol–water partition coefficient (Wildman–Crippen LogP) is 2.54. The molecule has 0 radical (unpaired) electrons. The molecule has 1 unspecified atom stereocenters. The fourth-order valence-corrected chi connectivity index (χ4v) is 2.07. The normalized spacial score (nSPS) is 16.0. The molecule has 0 saturated heterocycles. The Kier molecular flexibility index (Phi) is 4.10. The number of aliphatic hydroxyl groups is 1. The zero-order valence-electron chi connectivity index (χ0n) is 11.8. The number of carbonyl (C=O) groups is 1. The molecule has 0 bridgehead atoms. The van der Waals surface area contributed by atoms with Gasteiger partial charge in [0.15, 0.2) is 0 Å². The number of aliphatic hydroxyl groups excluding tert-OH is 1. The summed E-state index contributed by atoms with van der Waals surface area (Å²) in [6.07, 6.45) is 1.76. The number of rotatable bonds is 4. The average molecular weight is 262 g/mol. The van der Waals surface area contributed by atoms with Crippen LogP contribution < -0.4 is 5.32 Å². The molecule has 4 nitrogen and oxygen atoms in total. The number of anilines is 1. The van der Waals surface area contributed by atoms with Crippen LogP contribution in [0.25, 0.3) is 0 Å². The summed E-state index contributed by atoms with van der Waals surface area (Å²) in [6, 6.07) is 5.79. The van der Waals surface area contributed by atoms with Gasteiger partial charge in [0.05, 0.1) is 6.10 Å². The molecule has 4 heteroatoms. The van der Waals surface area contributed by atoms with E-state index in [0.29, 0.717) is 12.5 Å². The van der Waals surface area contributed by atoms with E-state index in [1.54, 1.807) is 11.9 Å². The summed E-state index contributed by atoms with van der Waals surface area (Å²) < 4.78 is 0. The molecule has 0 spiro atoms. The van der Waals surface area contributed by atoms with Crippen molar-refractivity contribution in [2.24, 2.45) is 5.92 Å². The van der Waals surface area contributed by atoms with Crippen LogP contribution >= 0.6 is 0 Å². The minimum absolute atomic E-state index is 0.173. The van der Waals surface area contributed by atoms with Gasteiger partial charge >= 0.3 is 6.03 Å². The SMILES string of the molecule is Cc1ccc(C)c(NC(=O)N(C)CC(O)C2CC2)c1. The van der Waals surface area contributed by atoms with Crippen LogP contribution in [-0.2, 0) is 0 Å². The van der Waals surface area contributed by atoms with E-state index in [2.05, 4.69) is 5.32 Å². The topological polar surface area (TPSA) is 52.6 Å². The zero-order chi connectivity index (χ0) is 14.0. The van der Waals surface area contributed by atoms with Crippen LogP contribution in [0.5, 0.6) is 0 Å². The third-order valence-electron chi connectivity index (χ3n) is 3.61. The number of carbonyl (C=O) groups excluding carboxylic acids is 1. The first kappa shape index (κ1) is 13.9. The summed E-state index contributed by atoms with van der Waals surface area (Å²) >= 11 is 0. The molecule has 1 aromatic rings. The summed E-state index contributed by atoms with van der Waals surface area (Å²) in [7, 11) is 1.71. The molecule has 1 aliphatic rings. The first-order valence-corrected chi connectivity index (χ1v) is 6.75. The van der Waals surface area contributed by atoms with E-state index in [0.717, 1.165) is 29.7 Å². The lowest BCUT2D eigenvalue weighted by Gasteiger charge is -2.21. The number of amides is 2. The van der Waals surface area contributed by atoms with Crippen molar-refractivity contribution in [3.63, 3.8) is 0 Å². The maximum atomic E-state index is 12.1. The average Bonchev–Trinajstić information content (AvgIpc) is 3.17. The van der Waals surface area contributed by atoms with Crippen molar-refractivity contribution >= 4 is 11.7 Å². The molecular formula is C15H22N2O2. The van der Waals surface area contributed by atoms with Gasteiger partial charge in [0.2, 0.25) is 0 Å². The van der Waals surface area contributed by atoms with E-state index < -0.39 is 6.10 Å². The quantitative estimate of drug-likeness (QED) is 0.876. The number of likely N-dealkylation sites (N-methyl/N-ethyl adjacent to an activating group) is 1. The number of nitrogens with one attached hydrogen (secondary N) is 1. The Bertz CT molecular complexity index is 469. The highest BCUT2D eigenvalue weighted by atomic mass is 16.3. The third kappa shape index (κ3) is 3.70. The highest BCUT2D eigenvalue weighted by Gasteiger charge is 2.31. The Hall–Kier alpha value is -1.55. The summed E-state index contributed by atoms with van der Waals surface area (Å²) in [4.78, 5) is 13.6. The van der Waals surface area contributed by atoms with Gasteiger partial charge in [-0.25, -0.2) is 4.79 Å². The van der Waals surface area contributed by atoms with Gasteiger partial charge in [-0.05, 0) is 49.8 Å². The molecular weight excluding hydrogens is 240 g/mol. The van der Waals surface area contributed by atoms with E-state index in [1.165, 1.54) is 0 Å². The van der Waals surface area contributed by atoms with Crippen molar-refractivity contribution in [3.8, 4) is 0 Å². The number of hydrogen-bond acceptors (Lipinski definition) is 2. The van der Waals surface area contributed by atoms with Crippen molar-refractivity contribution in [2.75, 3.05) is 18.9 Å². The Labute approximate surface area is 114 Å². The second-order valence-electron chi connectivity index (χ2n) is 5.53. The van der Waals surface area contributed by atoms with Gasteiger partial charge in [0.1, 0.15) is 0 Å². The van der Waals surface area contributed by atoms with Crippen LogP contribution in [0.15, 0.2) is 18.2 Å². The predicted molar refractivity (Wildman–Crippen MR) is 76.3 cm³/mol. The number of benzene rings is 1. The number of urea groups is 1. The van der Waals surface area contributed by atoms with Gasteiger partial charge in [-0.2, -0.15) is 0 Å².